The molecule has 7 heteroatoms. The second-order valence-electron chi connectivity index (χ2n) is 7.71. The van der Waals surface area contributed by atoms with Gasteiger partial charge in [0.2, 0.25) is 0 Å². The number of methoxy groups -OCH3 is 1. The summed E-state index contributed by atoms with van der Waals surface area (Å²) in [5.74, 6) is 0.803. The molecule has 2 N–H and O–H groups in total. The van der Waals surface area contributed by atoms with Gasteiger partial charge in [-0.25, -0.2) is 0 Å². The molecule has 2 heterocycles. The van der Waals surface area contributed by atoms with E-state index in [4.69, 9.17) is 9.84 Å². The zero-order chi connectivity index (χ0) is 24.3. The molecule has 0 aliphatic rings. The van der Waals surface area contributed by atoms with Crippen molar-refractivity contribution in [3.05, 3.63) is 96.3 Å². The van der Waals surface area contributed by atoms with Crippen LogP contribution >= 0.6 is 0 Å². The smallest absolute Gasteiger partial charge is 0.497 e. The number of nitrogens with zero attached hydrogens (tertiary/aromatic N) is 3. The minimum Gasteiger partial charge on any atom is -0.497 e. The predicted octanol–water partition coefficient (Wildman–Crippen LogP) is 4.38. The standard InChI is InChI=1S/2C14H15N2O.Pt/c1-16(2)14-7-5-4-6-12(14)13-10-11(17-3)8-9-15-13;1-15-9-12-4-2-3-5-13(12)14-8-11(10-17)6-7-16-14;/h4-5,7-10H,1-3H3;2-4,6-8,15,17H,9-10H2,1H3;/q2*-1;+2. The number of pyridine rings is 2. The molecule has 0 spiro atoms. The van der Waals surface area contributed by atoms with E-state index in [0.29, 0.717) is 0 Å². The molecule has 0 bridgehead atoms. The molecule has 0 unspecified atom stereocenters. The van der Waals surface area contributed by atoms with Gasteiger partial charge in [-0.1, -0.05) is 6.07 Å². The van der Waals surface area contributed by atoms with E-state index in [1.807, 2.05) is 80.6 Å². The fourth-order valence-electron chi connectivity index (χ4n) is 3.44. The van der Waals surface area contributed by atoms with Gasteiger partial charge >= 0.3 is 21.1 Å². The Hall–Kier alpha value is -3.05. The largest absolute Gasteiger partial charge is 2.00 e. The molecule has 0 saturated carbocycles. The third-order valence-corrected chi connectivity index (χ3v) is 5.11. The number of benzene rings is 2. The molecule has 0 aliphatic heterocycles. The molecule has 35 heavy (non-hydrogen) atoms. The first-order valence-corrected chi connectivity index (χ1v) is 11.0. The topological polar surface area (TPSA) is 70.5 Å². The van der Waals surface area contributed by atoms with Crippen LogP contribution in [-0.2, 0) is 34.2 Å². The summed E-state index contributed by atoms with van der Waals surface area (Å²) in [5.41, 5.74) is 6.79. The number of aromatic nitrogens is 2. The van der Waals surface area contributed by atoms with Crippen molar-refractivity contribution in [2.45, 2.75) is 13.2 Å². The summed E-state index contributed by atoms with van der Waals surface area (Å²) in [5, 5.41) is 12.3. The van der Waals surface area contributed by atoms with Crippen LogP contribution in [0.2, 0.25) is 0 Å². The number of hydrogen-bond donors (Lipinski definition) is 2. The summed E-state index contributed by atoms with van der Waals surface area (Å²) in [6.45, 7) is 0.807. The molecular weight excluding hydrogens is 619 g/mol. The van der Waals surface area contributed by atoms with Crippen molar-refractivity contribution < 1.29 is 30.9 Å². The second kappa shape index (κ2) is 14.4. The number of rotatable bonds is 7. The van der Waals surface area contributed by atoms with Gasteiger partial charge in [-0.15, -0.1) is 65.2 Å². The normalized spacial score (nSPS) is 9.97. The Morgan fingerprint density at radius 3 is 2.26 bits per heavy atom. The maximum Gasteiger partial charge on any atom is 2.00 e. The first kappa shape index (κ1) is 28.2. The summed E-state index contributed by atoms with van der Waals surface area (Å²) in [6.07, 6.45) is 3.46. The molecule has 2 aromatic heterocycles. The molecule has 0 amide bonds. The van der Waals surface area contributed by atoms with Gasteiger partial charge < -0.3 is 30.0 Å². The Morgan fingerprint density at radius 2 is 1.60 bits per heavy atom. The molecule has 0 fully saturated rings. The van der Waals surface area contributed by atoms with E-state index in [-0.39, 0.29) is 27.7 Å². The molecule has 0 atom stereocenters. The van der Waals surface area contributed by atoms with Crippen molar-refractivity contribution in [1.29, 1.82) is 0 Å². The van der Waals surface area contributed by atoms with Gasteiger partial charge in [-0.3, -0.25) is 0 Å². The minimum atomic E-state index is 0. The van der Waals surface area contributed by atoms with E-state index in [1.165, 1.54) is 0 Å². The van der Waals surface area contributed by atoms with E-state index >= 15 is 0 Å². The van der Waals surface area contributed by atoms with E-state index < -0.39 is 0 Å². The average molecular weight is 650 g/mol. The Balaban J connectivity index is 0.000000240. The SMILES string of the molecule is CNCc1ccc[c-]c1-c1cc(CO)ccn1.COc1ccnc(-c2[c-]cccc2N(C)C)c1.[Pt+2]. The van der Waals surface area contributed by atoms with Crippen LogP contribution in [0.3, 0.4) is 0 Å². The summed E-state index contributed by atoms with van der Waals surface area (Å²) >= 11 is 0. The van der Waals surface area contributed by atoms with E-state index in [9.17, 15) is 0 Å². The van der Waals surface area contributed by atoms with Crippen molar-refractivity contribution in [3.63, 3.8) is 0 Å². The van der Waals surface area contributed by atoms with Crippen molar-refractivity contribution in [2.75, 3.05) is 33.2 Å². The quantitative estimate of drug-likeness (QED) is 0.290. The molecule has 4 aromatic rings. The van der Waals surface area contributed by atoms with Crippen molar-refractivity contribution in [1.82, 2.24) is 15.3 Å². The van der Waals surface area contributed by atoms with Crippen LogP contribution in [0, 0.1) is 12.1 Å². The van der Waals surface area contributed by atoms with Gasteiger partial charge in [-0.05, 0) is 68.5 Å². The first-order chi connectivity index (χ1) is 16.6. The van der Waals surface area contributed by atoms with Crippen molar-refractivity contribution >= 4 is 5.69 Å². The number of aliphatic hydroxyl groups is 1. The average Bonchev–Trinajstić information content (AvgIpc) is 2.89. The van der Waals surface area contributed by atoms with Crippen LogP contribution in [-0.4, -0.2) is 43.3 Å². The van der Waals surface area contributed by atoms with Crippen LogP contribution in [0.4, 0.5) is 5.69 Å². The number of anilines is 1. The zero-order valence-electron chi connectivity index (χ0n) is 20.4. The minimum absolute atomic E-state index is 0. The van der Waals surface area contributed by atoms with Crippen molar-refractivity contribution in [2.24, 2.45) is 0 Å². The van der Waals surface area contributed by atoms with Gasteiger partial charge in [0.05, 0.1) is 13.7 Å². The maximum atomic E-state index is 9.13. The summed E-state index contributed by atoms with van der Waals surface area (Å²) in [6, 6.07) is 25.7. The van der Waals surface area contributed by atoms with Crippen LogP contribution in [0.25, 0.3) is 22.5 Å². The van der Waals surface area contributed by atoms with E-state index in [0.717, 1.165) is 51.6 Å². The Kier molecular flexibility index (Phi) is 11.6. The van der Waals surface area contributed by atoms with Gasteiger partial charge in [0.1, 0.15) is 5.75 Å². The summed E-state index contributed by atoms with van der Waals surface area (Å²) < 4.78 is 5.21. The molecule has 2 aromatic carbocycles. The molecule has 184 valence electrons. The summed E-state index contributed by atoms with van der Waals surface area (Å²) in [7, 11) is 7.58. The van der Waals surface area contributed by atoms with Crippen LogP contribution in [0.1, 0.15) is 11.1 Å². The van der Waals surface area contributed by atoms with Crippen LogP contribution in [0.15, 0.2) is 73.1 Å². The van der Waals surface area contributed by atoms with Gasteiger partial charge in [0, 0.05) is 12.4 Å². The van der Waals surface area contributed by atoms with Crippen LogP contribution < -0.4 is 15.0 Å². The van der Waals surface area contributed by atoms with E-state index in [2.05, 4.69) is 33.5 Å². The molecule has 6 nitrogen and oxygen atoms in total. The number of hydrogen-bond acceptors (Lipinski definition) is 6. The number of nitrogens with one attached hydrogen (secondary N) is 1. The third kappa shape index (κ3) is 7.72. The third-order valence-electron chi connectivity index (χ3n) is 5.11. The first-order valence-electron chi connectivity index (χ1n) is 11.0. The molecule has 0 saturated heterocycles. The Morgan fingerprint density at radius 1 is 0.943 bits per heavy atom. The monoisotopic (exact) mass is 649 g/mol. The fourth-order valence-corrected chi connectivity index (χ4v) is 3.44. The predicted molar refractivity (Wildman–Crippen MR) is 137 cm³/mol. The number of aliphatic hydroxyl groups excluding tert-OH is 1. The van der Waals surface area contributed by atoms with Crippen LogP contribution in [0.5, 0.6) is 5.75 Å². The van der Waals surface area contributed by atoms with Gasteiger partial charge in [-0.2, -0.15) is 0 Å². The molecular formula is C28H30N4O2Pt. The van der Waals surface area contributed by atoms with E-state index in [1.54, 1.807) is 19.5 Å². The van der Waals surface area contributed by atoms with Gasteiger partial charge in [0.15, 0.2) is 0 Å². The second-order valence-corrected chi connectivity index (χ2v) is 7.71. The fraction of sp³-hybridized carbons (Fsp3) is 0.214. The van der Waals surface area contributed by atoms with Crippen molar-refractivity contribution in [3.8, 4) is 28.3 Å². The molecule has 0 aliphatic carbocycles. The summed E-state index contributed by atoms with van der Waals surface area (Å²) in [4.78, 5) is 10.7. The van der Waals surface area contributed by atoms with Gasteiger partial charge in [0.25, 0.3) is 0 Å². The zero-order valence-corrected chi connectivity index (χ0v) is 22.6. The Bertz CT molecular complexity index is 1200. The number of ether oxygens (including phenoxy) is 1. The Labute approximate surface area is 222 Å². The molecule has 4 rings (SSSR count). The maximum absolute atomic E-state index is 9.13. The molecule has 0 radical (unpaired) electrons.